The molecule has 0 heterocycles. The van der Waals surface area contributed by atoms with E-state index in [0.717, 1.165) is 18.2 Å². The third-order valence-corrected chi connectivity index (χ3v) is 2.63. The molecule has 4 N–H and O–H groups in total. The third-order valence-electron chi connectivity index (χ3n) is 2.63. The Balaban J connectivity index is 2.36. The highest BCUT2D eigenvalue weighted by Gasteiger charge is 2.20. The van der Waals surface area contributed by atoms with Crippen LogP contribution >= 0.6 is 0 Å². The highest BCUT2D eigenvalue weighted by atomic mass is 16.5. The molecule has 0 aliphatic heterocycles. The second-order valence-electron chi connectivity index (χ2n) is 4.05. The van der Waals surface area contributed by atoms with Gasteiger partial charge in [0.05, 0.1) is 0 Å². The first-order valence-electron chi connectivity index (χ1n) is 5.69. The van der Waals surface area contributed by atoms with Crippen molar-refractivity contribution in [2.45, 2.75) is 0 Å². The maximum absolute atomic E-state index is 11.9. The molecule has 21 heavy (non-hydrogen) atoms. The normalized spacial score (nSPS) is 10.1. The first-order chi connectivity index (χ1) is 9.90. The van der Waals surface area contributed by atoms with Crippen LogP contribution in [0, 0.1) is 0 Å². The number of carboxylic acid groups (broad SMARTS) is 1. The van der Waals surface area contributed by atoms with E-state index in [-0.39, 0.29) is 17.1 Å². The van der Waals surface area contributed by atoms with Gasteiger partial charge in [0, 0.05) is 0 Å². The molecule has 2 rings (SSSR count). The molecule has 0 fully saturated rings. The van der Waals surface area contributed by atoms with Crippen LogP contribution in [0.3, 0.4) is 0 Å². The van der Waals surface area contributed by atoms with Crippen molar-refractivity contribution in [3.8, 4) is 23.0 Å². The molecule has 2 aromatic carbocycles. The van der Waals surface area contributed by atoms with Crippen molar-refractivity contribution in [2.24, 2.45) is 0 Å². The van der Waals surface area contributed by atoms with Crippen LogP contribution in [0.15, 0.2) is 36.4 Å². The quantitative estimate of drug-likeness (QED) is 0.385. The Morgan fingerprint density at radius 1 is 0.952 bits per heavy atom. The number of esters is 1. The number of rotatable bonds is 3. The molecular weight excluding hydrogens is 280 g/mol. The SMILES string of the molecule is O=C(O)c1cc(O)ccc1OC(=O)c1cccc(O)c1O. The Hall–Kier alpha value is -3.22. The summed E-state index contributed by atoms with van der Waals surface area (Å²) in [6.45, 7) is 0. The zero-order valence-corrected chi connectivity index (χ0v) is 10.5. The molecule has 0 spiro atoms. The Morgan fingerprint density at radius 2 is 1.67 bits per heavy atom. The Labute approximate surface area is 118 Å². The Bertz CT molecular complexity index is 721. The van der Waals surface area contributed by atoms with E-state index in [2.05, 4.69) is 0 Å². The molecule has 0 aliphatic rings. The van der Waals surface area contributed by atoms with Gasteiger partial charge in [-0.2, -0.15) is 0 Å². The number of phenolic OH excluding ortho intramolecular Hbond substituents is 3. The van der Waals surface area contributed by atoms with Crippen LogP contribution < -0.4 is 4.74 Å². The topological polar surface area (TPSA) is 124 Å². The molecule has 2 aromatic rings. The van der Waals surface area contributed by atoms with E-state index < -0.39 is 29.0 Å². The van der Waals surface area contributed by atoms with Gasteiger partial charge in [-0.15, -0.1) is 0 Å². The highest BCUT2D eigenvalue weighted by molar-refractivity contribution is 5.97. The lowest BCUT2D eigenvalue weighted by Gasteiger charge is -2.09. The van der Waals surface area contributed by atoms with Gasteiger partial charge in [0.15, 0.2) is 11.5 Å². The van der Waals surface area contributed by atoms with Gasteiger partial charge < -0.3 is 25.2 Å². The molecule has 0 saturated heterocycles. The smallest absolute Gasteiger partial charge is 0.347 e. The van der Waals surface area contributed by atoms with Crippen LogP contribution in [0.1, 0.15) is 20.7 Å². The van der Waals surface area contributed by atoms with Gasteiger partial charge in [-0.05, 0) is 30.3 Å². The average molecular weight is 290 g/mol. The van der Waals surface area contributed by atoms with E-state index in [1.807, 2.05) is 0 Å². The predicted octanol–water partition coefficient (Wildman–Crippen LogP) is 1.72. The van der Waals surface area contributed by atoms with E-state index >= 15 is 0 Å². The van der Waals surface area contributed by atoms with Gasteiger partial charge in [0.25, 0.3) is 0 Å². The third kappa shape index (κ3) is 2.86. The van der Waals surface area contributed by atoms with Gasteiger partial charge in [0.1, 0.15) is 22.6 Å². The summed E-state index contributed by atoms with van der Waals surface area (Å²) in [6, 6.07) is 6.88. The van der Waals surface area contributed by atoms with Crippen molar-refractivity contribution in [2.75, 3.05) is 0 Å². The minimum atomic E-state index is -1.39. The zero-order chi connectivity index (χ0) is 15.6. The van der Waals surface area contributed by atoms with Crippen LogP contribution in [-0.4, -0.2) is 32.4 Å². The number of phenols is 3. The minimum Gasteiger partial charge on any atom is -0.508 e. The standard InChI is InChI=1S/C14H10O7/c15-7-4-5-11(9(6-7)13(18)19)21-14(20)8-2-1-3-10(16)12(8)17/h1-6,15-17H,(H,18,19). The summed E-state index contributed by atoms with van der Waals surface area (Å²) < 4.78 is 4.88. The van der Waals surface area contributed by atoms with Gasteiger partial charge in [-0.1, -0.05) is 6.07 Å². The summed E-state index contributed by atoms with van der Waals surface area (Å²) in [5, 5.41) is 37.1. The highest BCUT2D eigenvalue weighted by Crippen LogP contribution is 2.30. The molecule has 7 heteroatoms. The number of carbonyl (C=O) groups is 2. The molecule has 0 radical (unpaired) electrons. The van der Waals surface area contributed by atoms with Crippen molar-refractivity contribution in [3.05, 3.63) is 47.5 Å². The number of aromatic carboxylic acids is 1. The number of carbonyl (C=O) groups excluding carboxylic acids is 1. The molecule has 0 saturated carbocycles. The Kier molecular flexibility index (Phi) is 3.66. The Morgan fingerprint density at radius 3 is 2.33 bits per heavy atom. The van der Waals surface area contributed by atoms with E-state index in [4.69, 9.17) is 9.84 Å². The summed E-state index contributed by atoms with van der Waals surface area (Å²) >= 11 is 0. The predicted molar refractivity (Wildman–Crippen MR) is 69.8 cm³/mol. The second-order valence-corrected chi connectivity index (χ2v) is 4.05. The maximum Gasteiger partial charge on any atom is 0.347 e. The zero-order valence-electron chi connectivity index (χ0n) is 10.5. The molecule has 7 nitrogen and oxygen atoms in total. The van der Waals surface area contributed by atoms with Crippen molar-refractivity contribution in [3.63, 3.8) is 0 Å². The second kappa shape index (κ2) is 5.41. The van der Waals surface area contributed by atoms with Gasteiger partial charge >= 0.3 is 11.9 Å². The molecule has 0 aromatic heterocycles. The fraction of sp³-hybridized carbons (Fsp3) is 0. The summed E-state index contributed by atoms with van der Waals surface area (Å²) in [6.07, 6.45) is 0. The molecule has 0 bridgehead atoms. The van der Waals surface area contributed by atoms with E-state index in [1.54, 1.807) is 0 Å². The van der Waals surface area contributed by atoms with Crippen molar-refractivity contribution >= 4 is 11.9 Å². The fourth-order valence-electron chi connectivity index (χ4n) is 1.62. The summed E-state index contributed by atoms with van der Waals surface area (Å²) in [4.78, 5) is 22.9. The number of benzene rings is 2. The van der Waals surface area contributed by atoms with E-state index in [1.165, 1.54) is 18.2 Å². The van der Waals surface area contributed by atoms with E-state index in [0.29, 0.717) is 0 Å². The lowest BCUT2D eigenvalue weighted by atomic mass is 10.1. The summed E-state index contributed by atoms with van der Waals surface area (Å²) in [5.41, 5.74) is -0.734. The van der Waals surface area contributed by atoms with E-state index in [9.17, 15) is 24.9 Å². The largest absolute Gasteiger partial charge is 0.508 e. The van der Waals surface area contributed by atoms with Crippen molar-refractivity contribution in [1.82, 2.24) is 0 Å². The first kappa shape index (κ1) is 14.2. The lowest BCUT2D eigenvalue weighted by Crippen LogP contribution is -2.11. The number of hydrogen-bond acceptors (Lipinski definition) is 6. The van der Waals surface area contributed by atoms with Crippen LogP contribution in [0.5, 0.6) is 23.0 Å². The van der Waals surface area contributed by atoms with Crippen LogP contribution in [0.25, 0.3) is 0 Å². The summed E-state index contributed by atoms with van der Waals surface area (Å²) in [7, 11) is 0. The van der Waals surface area contributed by atoms with Gasteiger partial charge in [0.2, 0.25) is 0 Å². The minimum absolute atomic E-state index is 0.298. The number of aromatic hydroxyl groups is 3. The lowest BCUT2D eigenvalue weighted by molar-refractivity contribution is 0.0680. The van der Waals surface area contributed by atoms with Crippen LogP contribution in [0.2, 0.25) is 0 Å². The van der Waals surface area contributed by atoms with Crippen molar-refractivity contribution in [1.29, 1.82) is 0 Å². The summed E-state index contributed by atoms with van der Waals surface area (Å²) in [5.74, 6) is -4.21. The first-order valence-corrected chi connectivity index (χ1v) is 5.69. The maximum atomic E-state index is 11.9. The number of hydrogen-bond donors (Lipinski definition) is 4. The molecular formula is C14H10O7. The van der Waals surface area contributed by atoms with Gasteiger partial charge in [-0.3, -0.25) is 0 Å². The monoisotopic (exact) mass is 290 g/mol. The fourth-order valence-corrected chi connectivity index (χ4v) is 1.62. The molecule has 0 atom stereocenters. The number of ether oxygens (including phenoxy) is 1. The number of carboxylic acids is 1. The molecule has 0 unspecified atom stereocenters. The molecule has 108 valence electrons. The van der Waals surface area contributed by atoms with Crippen LogP contribution in [-0.2, 0) is 0 Å². The molecule has 0 amide bonds. The average Bonchev–Trinajstić information content (AvgIpc) is 2.43. The van der Waals surface area contributed by atoms with Crippen LogP contribution in [0.4, 0.5) is 0 Å². The van der Waals surface area contributed by atoms with Crippen molar-refractivity contribution < 1.29 is 34.8 Å². The number of para-hydroxylation sites is 1. The molecule has 0 aliphatic carbocycles. The van der Waals surface area contributed by atoms with Gasteiger partial charge in [-0.25, -0.2) is 9.59 Å².